The van der Waals surface area contributed by atoms with Gasteiger partial charge in [0, 0.05) is 35.8 Å². The van der Waals surface area contributed by atoms with E-state index in [1.807, 2.05) is 35.0 Å². The van der Waals surface area contributed by atoms with Crippen LogP contribution in [0, 0.1) is 5.82 Å². The molecule has 1 aromatic heterocycles. The summed E-state index contributed by atoms with van der Waals surface area (Å²) in [5.41, 5.74) is 2.35. The molecule has 0 aliphatic carbocycles. The molecular formula is C23H18FN3O3. The van der Waals surface area contributed by atoms with Crippen LogP contribution in [0.1, 0.15) is 11.1 Å². The van der Waals surface area contributed by atoms with E-state index in [2.05, 4.69) is 11.9 Å². The predicted molar refractivity (Wildman–Crippen MR) is 111 cm³/mol. The summed E-state index contributed by atoms with van der Waals surface area (Å²) >= 11 is 0. The number of para-hydroxylation sites is 1. The molecule has 30 heavy (non-hydrogen) atoms. The fraction of sp³-hybridized carbons (Fsp3) is 0.0870. The van der Waals surface area contributed by atoms with Crippen LogP contribution in [-0.2, 0) is 16.1 Å². The number of nitrogens with zero attached hydrogens (tertiary/aromatic N) is 2. The molecule has 0 spiro atoms. The van der Waals surface area contributed by atoms with Crippen LogP contribution in [-0.4, -0.2) is 33.9 Å². The first-order chi connectivity index (χ1) is 14.5. The van der Waals surface area contributed by atoms with E-state index in [1.54, 1.807) is 12.1 Å². The molecule has 0 bridgehead atoms. The summed E-state index contributed by atoms with van der Waals surface area (Å²) < 4.78 is 15.2. The second kappa shape index (κ2) is 7.79. The number of urea groups is 1. The van der Waals surface area contributed by atoms with E-state index in [0.717, 1.165) is 21.4 Å². The normalized spacial score (nSPS) is 15.7. The molecule has 2 aromatic carbocycles. The minimum Gasteiger partial charge on any atom is -0.342 e. The molecule has 1 aliphatic rings. The Labute approximate surface area is 171 Å². The number of rotatable bonds is 5. The Kier molecular flexibility index (Phi) is 5.02. The van der Waals surface area contributed by atoms with Crippen LogP contribution in [0.25, 0.3) is 17.0 Å². The van der Waals surface area contributed by atoms with Crippen LogP contribution in [0.4, 0.5) is 9.18 Å². The van der Waals surface area contributed by atoms with Gasteiger partial charge in [0.1, 0.15) is 11.4 Å². The zero-order valence-electron chi connectivity index (χ0n) is 16.0. The second-order valence-electron chi connectivity index (χ2n) is 6.88. The van der Waals surface area contributed by atoms with Crippen molar-refractivity contribution in [2.45, 2.75) is 6.54 Å². The lowest BCUT2D eigenvalue weighted by molar-refractivity contribution is -0.129. The molecule has 150 valence electrons. The maximum Gasteiger partial charge on any atom is 0.331 e. The van der Waals surface area contributed by atoms with Crippen molar-refractivity contribution in [3.63, 3.8) is 0 Å². The standard InChI is InChI=1S/C23H18FN3O3/c1-2-11-27-22(29)19(21(28)25-23(27)30)12-16-14-26(20-6-4-3-5-18(16)20)13-15-7-9-17(24)10-8-15/h2-10,12,14H,1,11,13H2,(H,25,28,30). The van der Waals surface area contributed by atoms with Gasteiger partial charge in [-0.25, -0.2) is 9.18 Å². The molecule has 0 saturated carbocycles. The molecule has 6 nitrogen and oxygen atoms in total. The van der Waals surface area contributed by atoms with E-state index in [4.69, 9.17) is 0 Å². The van der Waals surface area contributed by atoms with Gasteiger partial charge in [-0.15, -0.1) is 6.58 Å². The van der Waals surface area contributed by atoms with E-state index in [-0.39, 0.29) is 17.9 Å². The monoisotopic (exact) mass is 403 g/mol. The van der Waals surface area contributed by atoms with Crippen molar-refractivity contribution in [1.29, 1.82) is 0 Å². The molecule has 4 amide bonds. The molecule has 1 fully saturated rings. The number of hydrogen-bond donors (Lipinski definition) is 1. The Morgan fingerprint density at radius 1 is 1.03 bits per heavy atom. The number of benzene rings is 2. The van der Waals surface area contributed by atoms with Crippen LogP contribution in [0.15, 0.2) is 73.0 Å². The van der Waals surface area contributed by atoms with Gasteiger partial charge in [-0.3, -0.25) is 19.8 Å². The molecule has 3 aromatic rings. The molecule has 1 N–H and O–H groups in total. The summed E-state index contributed by atoms with van der Waals surface area (Å²) in [4.78, 5) is 37.9. The van der Waals surface area contributed by atoms with E-state index in [9.17, 15) is 18.8 Å². The number of carbonyl (C=O) groups is 3. The summed E-state index contributed by atoms with van der Waals surface area (Å²) in [7, 11) is 0. The van der Waals surface area contributed by atoms with E-state index in [0.29, 0.717) is 12.1 Å². The predicted octanol–water partition coefficient (Wildman–Crippen LogP) is 3.48. The minimum atomic E-state index is -0.763. The third-order valence-corrected chi connectivity index (χ3v) is 4.88. The number of halogens is 1. The third kappa shape index (κ3) is 3.53. The summed E-state index contributed by atoms with van der Waals surface area (Å²) in [5.74, 6) is -1.71. The first-order valence-electron chi connectivity index (χ1n) is 9.30. The Bertz CT molecular complexity index is 1210. The van der Waals surface area contributed by atoms with Crippen LogP contribution >= 0.6 is 0 Å². The molecule has 1 saturated heterocycles. The Balaban J connectivity index is 1.76. The number of barbiturate groups is 1. The summed E-state index contributed by atoms with van der Waals surface area (Å²) in [6.07, 6.45) is 4.74. The van der Waals surface area contributed by atoms with Gasteiger partial charge < -0.3 is 4.57 Å². The van der Waals surface area contributed by atoms with Crippen molar-refractivity contribution < 1.29 is 18.8 Å². The van der Waals surface area contributed by atoms with E-state index >= 15 is 0 Å². The fourth-order valence-corrected chi connectivity index (χ4v) is 3.45. The van der Waals surface area contributed by atoms with Gasteiger partial charge in [-0.05, 0) is 29.8 Å². The topological polar surface area (TPSA) is 71.4 Å². The number of hydrogen-bond acceptors (Lipinski definition) is 3. The molecule has 1 aliphatic heterocycles. The van der Waals surface area contributed by atoms with Gasteiger partial charge in [0.15, 0.2) is 0 Å². The summed E-state index contributed by atoms with van der Waals surface area (Å²) in [6.45, 7) is 4.03. The SMILES string of the molecule is C=CCN1C(=O)NC(=O)C(=Cc2cn(Cc3ccc(F)cc3)c3ccccc23)C1=O. The van der Waals surface area contributed by atoms with Crippen molar-refractivity contribution in [3.8, 4) is 0 Å². The highest BCUT2D eigenvalue weighted by Crippen LogP contribution is 2.26. The van der Waals surface area contributed by atoms with Gasteiger partial charge in [-0.1, -0.05) is 36.4 Å². The number of aromatic nitrogens is 1. The van der Waals surface area contributed by atoms with Crippen molar-refractivity contribution in [2.24, 2.45) is 0 Å². The van der Waals surface area contributed by atoms with Gasteiger partial charge in [0.05, 0.1) is 0 Å². The first-order valence-corrected chi connectivity index (χ1v) is 9.30. The summed E-state index contributed by atoms with van der Waals surface area (Å²) in [5, 5.41) is 3.03. The van der Waals surface area contributed by atoms with E-state index < -0.39 is 17.8 Å². The number of nitrogens with one attached hydrogen (secondary N) is 1. The van der Waals surface area contributed by atoms with Crippen molar-refractivity contribution >= 4 is 34.8 Å². The fourth-order valence-electron chi connectivity index (χ4n) is 3.45. The smallest absolute Gasteiger partial charge is 0.331 e. The lowest BCUT2D eigenvalue weighted by atomic mass is 10.1. The maximum atomic E-state index is 13.2. The van der Waals surface area contributed by atoms with E-state index in [1.165, 1.54) is 24.3 Å². The zero-order chi connectivity index (χ0) is 21.3. The second-order valence-corrected chi connectivity index (χ2v) is 6.88. The van der Waals surface area contributed by atoms with Gasteiger partial charge >= 0.3 is 6.03 Å². The molecule has 2 heterocycles. The number of amides is 4. The maximum absolute atomic E-state index is 13.2. The Morgan fingerprint density at radius 3 is 2.50 bits per heavy atom. The average molecular weight is 403 g/mol. The number of carbonyl (C=O) groups excluding carboxylic acids is 3. The van der Waals surface area contributed by atoms with Gasteiger partial charge in [-0.2, -0.15) is 0 Å². The van der Waals surface area contributed by atoms with Gasteiger partial charge in [0.25, 0.3) is 11.8 Å². The average Bonchev–Trinajstić information content (AvgIpc) is 3.07. The molecule has 0 unspecified atom stereocenters. The van der Waals surface area contributed by atoms with Crippen LogP contribution in [0.2, 0.25) is 0 Å². The molecule has 0 radical (unpaired) electrons. The number of fused-ring (bicyclic) bond motifs is 1. The lowest BCUT2D eigenvalue weighted by Crippen LogP contribution is -2.54. The number of imide groups is 2. The molecule has 4 rings (SSSR count). The highest BCUT2D eigenvalue weighted by molar-refractivity contribution is 6.31. The Hall–Kier alpha value is -4.00. The molecule has 0 atom stereocenters. The zero-order valence-corrected chi connectivity index (χ0v) is 16.0. The molecular weight excluding hydrogens is 385 g/mol. The van der Waals surface area contributed by atoms with Crippen molar-refractivity contribution in [1.82, 2.24) is 14.8 Å². The van der Waals surface area contributed by atoms with Gasteiger partial charge in [0.2, 0.25) is 0 Å². The van der Waals surface area contributed by atoms with Crippen LogP contribution < -0.4 is 5.32 Å². The Morgan fingerprint density at radius 2 is 1.77 bits per heavy atom. The highest BCUT2D eigenvalue weighted by atomic mass is 19.1. The third-order valence-electron chi connectivity index (χ3n) is 4.88. The minimum absolute atomic E-state index is 0.00160. The lowest BCUT2D eigenvalue weighted by Gasteiger charge is -2.25. The van der Waals surface area contributed by atoms with Crippen molar-refractivity contribution in [3.05, 3.63) is 89.9 Å². The highest BCUT2D eigenvalue weighted by Gasteiger charge is 2.35. The van der Waals surface area contributed by atoms with Crippen LogP contribution in [0.5, 0.6) is 0 Å². The quantitative estimate of drug-likeness (QED) is 0.403. The first kappa shape index (κ1) is 19.3. The largest absolute Gasteiger partial charge is 0.342 e. The summed E-state index contributed by atoms with van der Waals surface area (Å²) in [6, 6.07) is 13.0. The van der Waals surface area contributed by atoms with Crippen LogP contribution in [0.3, 0.4) is 0 Å². The molecule has 7 heteroatoms. The van der Waals surface area contributed by atoms with Crippen molar-refractivity contribution in [2.75, 3.05) is 6.54 Å².